The molecule has 1 aromatic heterocycles. The van der Waals surface area contributed by atoms with E-state index in [1.807, 2.05) is 18.7 Å². The largest absolute Gasteiger partial charge is 0.356 e. The van der Waals surface area contributed by atoms with Crippen molar-refractivity contribution >= 4 is 11.9 Å². The standard InChI is InChI=1S/C20H38N6O/c1-8-10-11-17(9-2)12-21-20(23-14-19(27)25(5)6)22-13-18-15(3)24-26(7)16(18)4/h17H,8-14H2,1-7H3,(H2,21,22,23). The van der Waals surface area contributed by atoms with Gasteiger partial charge in [0.15, 0.2) is 5.96 Å². The summed E-state index contributed by atoms with van der Waals surface area (Å²) in [6, 6.07) is 0. The van der Waals surface area contributed by atoms with Crippen molar-refractivity contribution in [3.63, 3.8) is 0 Å². The number of nitrogens with one attached hydrogen (secondary N) is 2. The Morgan fingerprint density at radius 3 is 2.48 bits per heavy atom. The number of guanidine groups is 1. The van der Waals surface area contributed by atoms with Crippen molar-refractivity contribution in [3.05, 3.63) is 17.0 Å². The number of aromatic nitrogens is 2. The molecule has 1 aromatic rings. The Morgan fingerprint density at radius 1 is 1.26 bits per heavy atom. The van der Waals surface area contributed by atoms with E-state index in [1.54, 1.807) is 19.0 Å². The molecule has 0 bridgehead atoms. The van der Waals surface area contributed by atoms with Gasteiger partial charge in [-0.25, -0.2) is 4.99 Å². The van der Waals surface area contributed by atoms with E-state index in [0.717, 1.165) is 29.9 Å². The number of nitrogens with zero attached hydrogens (tertiary/aromatic N) is 4. The number of carbonyl (C=O) groups is 1. The SMILES string of the molecule is CCCCC(CC)CNC(=NCc1c(C)nn(C)c1C)NCC(=O)N(C)C. The second-order valence-electron chi connectivity index (χ2n) is 7.38. The zero-order valence-electron chi connectivity index (χ0n) is 18.2. The Kier molecular flexibility index (Phi) is 9.89. The lowest BCUT2D eigenvalue weighted by Gasteiger charge is -2.19. The molecule has 154 valence electrons. The number of hydrogen-bond acceptors (Lipinski definition) is 3. The van der Waals surface area contributed by atoms with Gasteiger partial charge in [-0.2, -0.15) is 5.10 Å². The maximum absolute atomic E-state index is 11.9. The highest BCUT2D eigenvalue weighted by Crippen LogP contribution is 2.13. The van der Waals surface area contributed by atoms with Gasteiger partial charge in [0.05, 0.1) is 18.8 Å². The van der Waals surface area contributed by atoms with E-state index in [-0.39, 0.29) is 12.5 Å². The van der Waals surface area contributed by atoms with Gasteiger partial charge in [-0.3, -0.25) is 9.48 Å². The first kappa shape index (κ1) is 23.0. The zero-order valence-corrected chi connectivity index (χ0v) is 18.2. The van der Waals surface area contributed by atoms with Crippen molar-refractivity contribution in [1.29, 1.82) is 0 Å². The maximum Gasteiger partial charge on any atom is 0.241 e. The van der Waals surface area contributed by atoms with Crippen molar-refractivity contribution in [2.75, 3.05) is 27.2 Å². The summed E-state index contributed by atoms with van der Waals surface area (Å²) in [5.41, 5.74) is 3.25. The molecule has 1 unspecified atom stereocenters. The number of unbranched alkanes of at least 4 members (excludes halogenated alkanes) is 1. The molecule has 0 aromatic carbocycles. The van der Waals surface area contributed by atoms with E-state index in [1.165, 1.54) is 19.3 Å². The quantitative estimate of drug-likeness (QED) is 0.484. The minimum Gasteiger partial charge on any atom is -0.356 e. The fraction of sp³-hybridized carbons (Fsp3) is 0.750. The highest BCUT2D eigenvalue weighted by molar-refractivity contribution is 5.86. The summed E-state index contributed by atoms with van der Waals surface area (Å²) in [6.07, 6.45) is 4.81. The molecule has 1 rings (SSSR count). The third kappa shape index (κ3) is 7.61. The zero-order chi connectivity index (χ0) is 20.4. The van der Waals surface area contributed by atoms with E-state index < -0.39 is 0 Å². The second kappa shape index (κ2) is 11.6. The molecule has 0 fully saturated rings. The van der Waals surface area contributed by atoms with Crippen molar-refractivity contribution in [2.24, 2.45) is 18.0 Å². The molecule has 1 atom stereocenters. The van der Waals surface area contributed by atoms with Crippen LogP contribution in [0.25, 0.3) is 0 Å². The number of hydrogen-bond donors (Lipinski definition) is 2. The van der Waals surface area contributed by atoms with Crippen molar-refractivity contribution in [1.82, 2.24) is 25.3 Å². The molecule has 0 spiro atoms. The summed E-state index contributed by atoms with van der Waals surface area (Å²) in [5, 5.41) is 11.1. The summed E-state index contributed by atoms with van der Waals surface area (Å²) in [4.78, 5) is 18.2. The summed E-state index contributed by atoms with van der Waals surface area (Å²) in [6.45, 7) is 10.1. The molecule has 0 saturated heterocycles. The van der Waals surface area contributed by atoms with Gasteiger partial charge in [0.25, 0.3) is 0 Å². The number of carbonyl (C=O) groups excluding carboxylic acids is 1. The Labute approximate surface area is 164 Å². The van der Waals surface area contributed by atoms with Crippen LogP contribution in [0.15, 0.2) is 4.99 Å². The van der Waals surface area contributed by atoms with Crippen LogP contribution in [0.4, 0.5) is 0 Å². The summed E-state index contributed by atoms with van der Waals surface area (Å²) in [7, 11) is 5.46. The van der Waals surface area contributed by atoms with Crippen LogP contribution in [0.2, 0.25) is 0 Å². The Hall–Kier alpha value is -2.05. The van der Waals surface area contributed by atoms with Crippen LogP contribution in [-0.2, 0) is 18.4 Å². The van der Waals surface area contributed by atoms with Gasteiger partial charge in [-0.15, -0.1) is 0 Å². The molecular formula is C20H38N6O. The molecule has 2 N–H and O–H groups in total. The maximum atomic E-state index is 11.9. The van der Waals surface area contributed by atoms with Crippen LogP contribution in [0.5, 0.6) is 0 Å². The Balaban J connectivity index is 2.80. The molecule has 1 heterocycles. The number of likely N-dealkylation sites (N-methyl/N-ethyl adjacent to an activating group) is 1. The van der Waals surface area contributed by atoms with Crippen LogP contribution in [-0.4, -0.2) is 53.7 Å². The van der Waals surface area contributed by atoms with Gasteiger partial charge >= 0.3 is 0 Å². The number of amides is 1. The molecule has 27 heavy (non-hydrogen) atoms. The van der Waals surface area contributed by atoms with Gasteiger partial charge < -0.3 is 15.5 Å². The van der Waals surface area contributed by atoms with E-state index in [0.29, 0.717) is 18.4 Å². The monoisotopic (exact) mass is 378 g/mol. The summed E-state index contributed by atoms with van der Waals surface area (Å²) < 4.78 is 1.88. The van der Waals surface area contributed by atoms with Crippen molar-refractivity contribution in [3.8, 4) is 0 Å². The third-order valence-electron chi connectivity index (χ3n) is 5.06. The Bertz CT molecular complexity index is 620. The molecule has 1 amide bonds. The van der Waals surface area contributed by atoms with E-state index in [2.05, 4.69) is 36.5 Å². The second-order valence-corrected chi connectivity index (χ2v) is 7.38. The van der Waals surface area contributed by atoms with Crippen molar-refractivity contribution < 1.29 is 4.79 Å². The van der Waals surface area contributed by atoms with Gasteiger partial charge in [0, 0.05) is 38.9 Å². The third-order valence-corrected chi connectivity index (χ3v) is 5.06. The van der Waals surface area contributed by atoms with Crippen LogP contribution < -0.4 is 10.6 Å². The van der Waals surface area contributed by atoms with Crippen LogP contribution in [0.3, 0.4) is 0 Å². The molecular weight excluding hydrogens is 340 g/mol. The molecule has 0 saturated carbocycles. The highest BCUT2D eigenvalue weighted by Gasteiger charge is 2.12. The van der Waals surface area contributed by atoms with Gasteiger partial charge in [-0.1, -0.05) is 33.1 Å². The van der Waals surface area contributed by atoms with Crippen LogP contribution in [0, 0.1) is 19.8 Å². The molecule has 7 heteroatoms. The average molecular weight is 379 g/mol. The lowest BCUT2D eigenvalue weighted by molar-refractivity contribution is -0.127. The molecule has 0 aliphatic heterocycles. The lowest BCUT2D eigenvalue weighted by Crippen LogP contribution is -2.44. The first-order chi connectivity index (χ1) is 12.8. The number of aliphatic imine (C=N–C) groups is 1. The number of rotatable bonds is 10. The topological polar surface area (TPSA) is 74.5 Å². The first-order valence-electron chi connectivity index (χ1n) is 10.0. The smallest absolute Gasteiger partial charge is 0.241 e. The first-order valence-corrected chi connectivity index (χ1v) is 10.0. The molecule has 0 aliphatic rings. The minimum absolute atomic E-state index is 0.0243. The average Bonchev–Trinajstić information content (AvgIpc) is 2.88. The summed E-state index contributed by atoms with van der Waals surface area (Å²) in [5.74, 6) is 1.32. The van der Waals surface area contributed by atoms with E-state index >= 15 is 0 Å². The summed E-state index contributed by atoms with van der Waals surface area (Å²) >= 11 is 0. The normalized spacial score (nSPS) is 12.8. The van der Waals surface area contributed by atoms with Crippen LogP contribution >= 0.6 is 0 Å². The van der Waals surface area contributed by atoms with Crippen molar-refractivity contribution in [2.45, 2.75) is 59.9 Å². The fourth-order valence-corrected chi connectivity index (χ4v) is 2.88. The predicted molar refractivity (Wildman–Crippen MR) is 112 cm³/mol. The minimum atomic E-state index is 0.0243. The molecule has 7 nitrogen and oxygen atoms in total. The highest BCUT2D eigenvalue weighted by atomic mass is 16.2. The molecule has 0 radical (unpaired) electrons. The van der Waals surface area contributed by atoms with Gasteiger partial charge in [0.2, 0.25) is 5.91 Å². The number of aryl methyl sites for hydroxylation is 2. The van der Waals surface area contributed by atoms with E-state index in [4.69, 9.17) is 4.99 Å². The lowest BCUT2D eigenvalue weighted by atomic mass is 9.99. The van der Waals surface area contributed by atoms with Gasteiger partial charge in [0.1, 0.15) is 0 Å². The predicted octanol–water partition coefficient (Wildman–Crippen LogP) is 2.38. The van der Waals surface area contributed by atoms with E-state index in [9.17, 15) is 4.79 Å². The van der Waals surface area contributed by atoms with Crippen LogP contribution in [0.1, 0.15) is 56.5 Å². The molecule has 0 aliphatic carbocycles. The van der Waals surface area contributed by atoms with Gasteiger partial charge in [-0.05, 0) is 26.2 Å². The fourth-order valence-electron chi connectivity index (χ4n) is 2.88. The Morgan fingerprint density at radius 2 is 1.96 bits per heavy atom.